The van der Waals surface area contributed by atoms with Crippen LogP contribution in [0.1, 0.15) is 28.8 Å². The van der Waals surface area contributed by atoms with Crippen molar-refractivity contribution in [1.82, 2.24) is 4.90 Å². The average molecular weight is 389 g/mol. The Morgan fingerprint density at radius 3 is 2.83 bits per heavy atom. The van der Waals surface area contributed by atoms with Crippen molar-refractivity contribution >= 4 is 33.4 Å². The molecule has 3 rings (SSSR count). The second kappa shape index (κ2) is 7.05. The Hall–Kier alpha value is -2.34. The van der Waals surface area contributed by atoms with Gasteiger partial charge in [0, 0.05) is 29.7 Å². The summed E-state index contributed by atoms with van der Waals surface area (Å²) in [5.41, 5.74) is 1.79. The van der Waals surface area contributed by atoms with Crippen LogP contribution >= 0.6 is 15.9 Å². The highest BCUT2D eigenvalue weighted by molar-refractivity contribution is 9.10. The van der Waals surface area contributed by atoms with Gasteiger partial charge in [0.15, 0.2) is 0 Å². The summed E-state index contributed by atoms with van der Waals surface area (Å²) in [5, 5.41) is 12.6. The van der Waals surface area contributed by atoms with Crippen LogP contribution in [0.4, 0.5) is 5.69 Å². The maximum absolute atomic E-state index is 12.3. The van der Waals surface area contributed by atoms with E-state index in [0.717, 1.165) is 18.5 Å². The van der Waals surface area contributed by atoms with E-state index < -0.39 is 0 Å². The molecule has 24 heavy (non-hydrogen) atoms. The zero-order valence-corrected chi connectivity index (χ0v) is 14.5. The molecule has 0 saturated carbocycles. The first kappa shape index (κ1) is 16.5. The fraction of sp³-hybridized carbons (Fsp3) is 0.222. The van der Waals surface area contributed by atoms with Crippen molar-refractivity contribution in [2.24, 2.45) is 0 Å². The molecule has 2 amide bonds. The van der Waals surface area contributed by atoms with Crippen molar-refractivity contribution < 1.29 is 14.7 Å². The number of hydrogen-bond acceptors (Lipinski definition) is 3. The van der Waals surface area contributed by atoms with E-state index in [1.54, 1.807) is 18.2 Å². The molecule has 1 aliphatic heterocycles. The van der Waals surface area contributed by atoms with Crippen LogP contribution in [-0.2, 0) is 11.3 Å². The molecule has 0 spiro atoms. The molecule has 1 heterocycles. The molecule has 0 unspecified atom stereocenters. The summed E-state index contributed by atoms with van der Waals surface area (Å²) in [5.74, 6) is -0.291. The smallest absolute Gasteiger partial charge is 0.259 e. The molecule has 2 aromatic rings. The first-order valence-electron chi connectivity index (χ1n) is 7.69. The third kappa shape index (κ3) is 3.76. The molecule has 0 radical (unpaired) electrons. The standard InChI is InChI=1S/C18H17BrN2O3/c19-13-6-7-16(22)15(10-13)18(24)20-14-4-1-3-12(9-14)11-21-8-2-5-17(21)23/h1,3-4,6-7,9-10,22H,2,5,8,11H2,(H,20,24). The predicted molar refractivity (Wildman–Crippen MR) is 94.9 cm³/mol. The lowest BCUT2D eigenvalue weighted by Crippen LogP contribution is -2.23. The number of nitrogens with zero attached hydrogens (tertiary/aromatic N) is 1. The van der Waals surface area contributed by atoms with Gasteiger partial charge in [0.05, 0.1) is 5.56 Å². The van der Waals surface area contributed by atoms with Gasteiger partial charge in [-0.1, -0.05) is 28.1 Å². The molecule has 2 N–H and O–H groups in total. The van der Waals surface area contributed by atoms with E-state index in [1.165, 1.54) is 6.07 Å². The summed E-state index contributed by atoms with van der Waals surface area (Å²) in [6, 6.07) is 12.1. The quantitative estimate of drug-likeness (QED) is 0.841. The molecule has 1 fully saturated rings. The van der Waals surface area contributed by atoms with E-state index in [0.29, 0.717) is 23.1 Å². The van der Waals surface area contributed by atoms with Crippen LogP contribution in [0.2, 0.25) is 0 Å². The maximum Gasteiger partial charge on any atom is 0.259 e. The van der Waals surface area contributed by atoms with Gasteiger partial charge in [-0.25, -0.2) is 0 Å². The molecule has 1 saturated heterocycles. The molecular weight excluding hydrogens is 372 g/mol. The van der Waals surface area contributed by atoms with Crippen LogP contribution in [0.5, 0.6) is 5.75 Å². The highest BCUT2D eigenvalue weighted by Crippen LogP contribution is 2.23. The minimum atomic E-state index is -0.386. The van der Waals surface area contributed by atoms with Gasteiger partial charge in [-0.05, 0) is 42.3 Å². The number of phenols is 1. The van der Waals surface area contributed by atoms with E-state index in [1.807, 2.05) is 23.1 Å². The number of aromatic hydroxyl groups is 1. The Bertz CT molecular complexity index is 792. The van der Waals surface area contributed by atoms with E-state index >= 15 is 0 Å². The van der Waals surface area contributed by atoms with Crippen molar-refractivity contribution in [3.8, 4) is 5.75 Å². The highest BCUT2D eigenvalue weighted by atomic mass is 79.9. The zero-order valence-electron chi connectivity index (χ0n) is 13.0. The first-order valence-corrected chi connectivity index (χ1v) is 8.49. The Balaban J connectivity index is 1.73. The minimum absolute atomic E-state index is 0.0745. The van der Waals surface area contributed by atoms with Crippen molar-refractivity contribution in [3.05, 3.63) is 58.1 Å². The van der Waals surface area contributed by atoms with Gasteiger partial charge in [0.2, 0.25) is 5.91 Å². The zero-order chi connectivity index (χ0) is 17.1. The molecule has 6 heteroatoms. The van der Waals surface area contributed by atoms with Gasteiger partial charge in [-0.15, -0.1) is 0 Å². The van der Waals surface area contributed by atoms with E-state index in [-0.39, 0.29) is 23.1 Å². The lowest BCUT2D eigenvalue weighted by molar-refractivity contribution is -0.128. The van der Waals surface area contributed by atoms with Crippen molar-refractivity contribution in [1.29, 1.82) is 0 Å². The number of rotatable bonds is 4. The monoisotopic (exact) mass is 388 g/mol. The SMILES string of the molecule is O=C(Nc1cccc(CN2CCCC2=O)c1)c1cc(Br)ccc1O. The Labute approximate surface area is 148 Å². The van der Waals surface area contributed by atoms with E-state index in [4.69, 9.17) is 0 Å². The second-order valence-corrected chi connectivity index (χ2v) is 6.65. The lowest BCUT2D eigenvalue weighted by atomic mass is 10.1. The van der Waals surface area contributed by atoms with Crippen LogP contribution in [0.3, 0.4) is 0 Å². The van der Waals surface area contributed by atoms with Gasteiger partial charge >= 0.3 is 0 Å². The Morgan fingerprint density at radius 2 is 2.08 bits per heavy atom. The third-order valence-electron chi connectivity index (χ3n) is 3.93. The number of nitrogens with one attached hydrogen (secondary N) is 1. The number of anilines is 1. The molecule has 0 aliphatic carbocycles. The van der Waals surface area contributed by atoms with Crippen molar-refractivity contribution in [2.45, 2.75) is 19.4 Å². The normalized spacial score (nSPS) is 14.0. The summed E-state index contributed by atoms with van der Waals surface area (Å²) < 4.78 is 0.715. The number of halogens is 1. The highest BCUT2D eigenvalue weighted by Gasteiger charge is 2.20. The molecule has 0 bridgehead atoms. The van der Waals surface area contributed by atoms with Gasteiger partial charge < -0.3 is 15.3 Å². The second-order valence-electron chi connectivity index (χ2n) is 5.73. The molecule has 5 nitrogen and oxygen atoms in total. The van der Waals surface area contributed by atoms with Gasteiger partial charge in [-0.3, -0.25) is 9.59 Å². The number of amides is 2. The number of likely N-dealkylation sites (tertiary alicyclic amines) is 1. The van der Waals surface area contributed by atoms with Gasteiger partial charge in [-0.2, -0.15) is 0 Å². The molecule has 124 valence electrons. The van der Waals surface area contributed by atoms with Gasteiger partial charge in [0.25, 0.3) is 5.91 Å². The van der Waals surface area contributed by atoms with E-state index in [2.05, 4.69) is 21.2 Å². The van der Waals surface area contributed by atoms with Crippen LogP contribution in [-0.4, -0.2) is 28.4 Å². The molecule has 0 aromatic heterocycles. The van der Waals surface area contributed by atoms with E-state index in [9.17, 15) is 14.7 Å². The number of hydrogen-bond donors (Lipinski definition) is 2. The largest absolute Gasteiger partial charge is 0.507 e. The third-order valence-corrected chi connectivity index (χ3v) is 4.43. The summed E-state index contributed by atoms with van der Waals surface area (Å²) in [6.45, 7) is 1.33. The molecule has 1 aliphatic rings. The summed E-state index contributed by atoms with van der Waals surface area (Å²) in [6.07, 6.45) is 1.51. The summed E-state index contributed by atoms with van der Waals surface area (Å²) in [7, 11) is 0. The number of carbonyl (C=O) groups is 2. The predicted octanol–water partition coefficient (Wildman–Crippen LogP) is 3.53. The fourth-order valence-electron chi connectivity index (χ4n) is 2.73. The fourth-order valence-corrected chi connectivity index (χ4v) is 3.09. The van der Waals surface area contributed by atoms with Crippen molar-refractivity contribution in [3.63, 3.8) is 0 Å². The molecular formula is C18H17BrN2O3. The Morgan fingerprint density at radius 1 is 1.25 bits per heavy atom. The maximum atomic E-state index is 12.3. The first-order chi connectivity index (χ1) is 11.5. The number of carbonyl (C=O) groups excluding carboxylic acids is 2. The average Bonchev–Trinajstić information content (AvgIpc) is 2.95. The molecule has 2 aromatic carbocycles. The molecule has 0 atom stereocenters. The Kier molecular flexibility index (Phi) is 4.85. The van der Waals surface area contributed by atoms with Crippen LogP contribution in [0.25, 0.3) is 0 Å². The summed E-state index contributed by atoms with van der Waals surface area (Å²) in [4.78, 5) is 25.9. The van der Waals surface area contributed by atoms with Crippen LogP contribution in [0.15, 0.2) is 46.9 Å². The van der Waals surface area contributed by atoms with Crippen LogP contribution in [0, 0.1) is 0 Å². The number of benzene rings is 2. The number of phenolic OH excluding ortho intramolecular Hbond substituents is 1. The minimum Gasteiger partial charge on any atom is -0.507 e. The van der Waals surface area contributed by atoms with Gasteiger partial charge in [0.1, 0.15) is 5.75 Å². The van der Waals surface area contributed by atoms with Crippen molar-refractivity contribution in [2.75, 3.05) is 11.9 Å². The lowest BCUT2D eigenvalue weighted by Gasteiger charge is -2.16. The topological polar surface area (TPSA) is 69.6 Å². The summed E-state index contributed by atoms with van der Waals surface area (Å²) >= 11 is 3.29. The van der Waals surface area contributed by atoms with Crippen LogP contribution < -0.4 is 5.32 Å².